The first-order chi connectivity index (χ1) is 10.8. The molecule has 1 aromatic carbocycles. The van der Waals surface area contributed by atoms with Crippen LogP contribution in [-0.2, 0) is 13.0 Å². The van der Waals surface area contributed by atoms with E-state index in [4.69, 9.17) is 0 Å². The zero-order chi connectivity index (χ0) is 15.2. The number of nitrogens with zero attached hydrogens (tertiary/aromatic N) is 3. The molecule has 4 heteroatoms. The Morgan fingerprint density at radius 2 is 1.82 bits per heavy atom. The highest BCUT2D eigenvalue weighted by Gasteiger charge is 2.09. The first-order valence-electron chi connectivity index (χ1n) is 7.65. The van der Waals surface area contributed by atoms with Gasteiger partial charge in [-0.3, -0.25) is 4.90 Å². The van der Waals surface area contributed by atoms with Crippen LogP contribution in [0.5, 0.6) is 0 Å². The molecular formula is C18H21N3O. The standard InChI is InChI=1S/C18H21N3O/c22-13-12-20(11-9-16-6-2-1-3-7-16)14-17-15-21-10-5-4-8-18(21)19-17/h1-8,10,15,22H,9,11-14H2. The molecule has 0 saturated carbocycles. The minimum atomic E-state index is 0.169. The van der Waals surface area contributed by atoms with Crippen molar-refractivity contribution in [3.05, 3.63) is 72.2 Å². The average Bonchev–Trinajstić information content (AvgIpc) is 2.96. The summed E-state index contributed by atoms with van der Waals surface area (Å²) in [7, 11) is 0. The molecule has 2 heterocycles. The minimum absolute atomic E-state index is 0.169. The van der Waals surface area contributed by atoms with E-state index in [1.165, 1.54) is 5.56 Å². The molecule has 4 nitrogen and oxygen atoms in total. The number of aliphatic hydroxyl groups is 1. The van der Waals surface area contributed by atoms with Crippen LogP contribution in [0.25, 0.3) is 5.65 Å². The third-order valence-corrected chi connectivity index (χ3v) is 3.78. The molecule has 0 aliphatic rings. The molecule has 0 spiro atoms. The third-order valence-electron chi connectivity index (χ3n) is 3.78. The lowest BCUT2D eigenvalue weighted by Gasteiger charge is -2.20. The van der Waals surface area contributed by atoms with Gasteiger partial charge in [0.1, 0.15) is 5.65 Å². The van der Waals surface area contributed by atoms with Gasteiger partial charge in [0.05, 0.1) is 12.3 Å². The largest absolute Gasteiger partial charge is 0.395 e. The zero-order valence-corrected chi connectivity index (χ0v) is 12.6. The number of imidazole rings is 1. The fourth-order valence-corrected chi connectivity index (χ4v) is 2.64. The Morgan fingerprint density at radius 3 is 2.59 bits per heavy atom. The highest BCUT2D eigenvalue weighted by molar-refractivity contribution is 5.39. The Labute approximate surface area is 130 Å². The third kappa shape index (κ3) is 3.72. The second-order valence-corrected chi connectivity index (χ2v) is 5.43. The molecule has 0 fully saturated rings. The van der Waals surface area contributed by atoms with Crippen molar-refractivity contribution >= 4 is 5.65 Å². The summed E-state index contributed by atoms with van der Waals surface area (Å²) in [5.41, 5.74) is 3.32. The fourth-order valence-electron chi connectivity index (χ4n) is 2.64. The van der Waals surface area contributed by atoms with Crippen LogP contribution >= 0.6 is 0 Å². The number of aromatic nitrogens is 2. The first kappa shape index (κ1) is 14.8. The van der Waals surface area contributed by atoms with Crippen LogP contribution in [0.4, 0.5) is 0 Å². The molecule has 114 valence electrons. The van der Waals surface area contributed by atoms with Crippen LogP contribution in [0.1, 0.15) is 11.3 Å². The lowest BCUT2D eigenvalue weighted by atomic mass is 10.1. The van der Waals surface area contributed by atoms with E-state index < -0.39 is 0 Å². The van der Waals surface area contributed by atoms with Gasteiger partial charge < -0.3 is 9.51 Å². The lowest BCUT2D eigenvalue weighted by molar-refractivity contribution is 0.190. The lowest BCUT2D eigenvalue weighted by Crippen LogP contribution is -2.28. The molecule has 0 aliphatic heterocycles. The second kappa shape index (κ2) is 7.20. The summed E-state index contributed by atoms with van der Waals surface area (Å²) in [6.07, 6.45) is 5.04. The number of hydrogen-bond donors (Lipinski definition) is 1. The molecule has 3 aromatic rings. The van der Waals surface area contributed by atoms with Crippen LogP contribution in [0.15, 0.2) is 60.9 Å². The van der Waals surface area contributed by atoms with Crippen molar-refractivity contribution in [3.63, 3.8) is 0 Å². The van der Waals surface area contributed by atoms with E-state index in [-0.39, 0.29) is 6.61 Å². The van der Waals surface area contributed by atoms with E-state index in [0.717, 1.165) is 30.9 Å². The van der Waals surface area contributed by atoms with Crippen molar-refractivity contribution in [2.24, 2.45) is 0 Å². The molecule has 0 atom stereocenters. The van der Waals surface area contributed by atoms with Crippen LogP contribution in [0, 0.1) is 0 Å². The Morgan fingerprint density at radius 1 is 1.00 bits per heavy atom. The van der Waals surface area contributed by atoms with Gasteiger partial charge in [-0.25, -0.2) is 4.98 Å². The molecule has 0 unspecified atom stereocenters. The van der Waals surface area contributed by atoms with Crippen LogP contribution in [-0.4, -0.2) is 39.1 Å². The summed E-state index contributed by atoms with van der Waals surface area (Å²) in [6, 6.07) is 16.4. The van der Waals surface area contributed by atoms with Gasteiger partial charge in [-0.15, -0.1) is 0 Å². The fraction of sp³-hybridized carbons (Fsp3) is 0.278. The molecule has 0 bridgehead atoms. The quantitative estimate of drug-likeness (QED) is 0.727. The van der Waals surface area contributed by atoms with E-state index in [1.54, 1.807) is 0 Å². The summed E-state index contributed by atoms with van der Waals surface area (Å²) in [4.78, 5) is 6.87. The number of rotatable bonds is 7. The molecule has 22 heavy (non-hydrogen) atoms. The van der Waals surface area contributed by atoms with E-state index in [2.05, 4.69) is 40.3 Å². The van der Waals surface area contributed by atoms with Crippen molar-refractivity contribution < 1.29 is 5.11 Å². The predicted molar refractivity (Wildman–Crippen MR) is 87.7 cm³/mol. The monoisotopic (exact) mass is 295 g/mol. The average molecular weight is 295 g/mol. The minimum Gasteiger partial charge on any atom is -0.395 e. The summed E-state index contributed by atoms with van der Waals surface area (Å²) < 4.78 is 2.03. The number of fused-ring (bicyclic) bond motifs is 1. The van der Waals surface area contributed by atoms with Gasteiger partial charge in [0.25, 0.3) is 0 Å². The summed E-state index contributed by atoms with van der Waals surface area (Å²) in [5, 5.41) is 9.28. The summed E-state index contributed by atoms with van der Waals surface area (Å²) in [5.74, 6) is 0. The Bertz CT molecular complexity index is 675. The van der Waals surface area contributed by atoms with E-state index in [0.29, 0.717) is 6.54 Å². The van der Waals surface area contributed by atoms with Gasteiger partial charge in [0.2, 0.25) is 0 Å². The first-order valence-corrected chi connectivity index (χ1v) is 7.65. The maximum absolute atomic E-state index is 9.28. The van der Waals surface area contributed by atoms with Gasteiger partial charge >= 0.3 is 0 Å². The van der Waals surface area contributed by atoms with Crippen LogP contribution < -0.4 is 0 Å². The zero-order valence-electron chi connectivity index (χ0n) is 12.6. The van der Waals surface area contributed by atoms with Gasteiger partial charge in [-0.1, -0.05) is 36.4 Å². The molecule has 1 N–H and O–H groups in total. The second-order valence-electron chi connectivity index (χ2n) is 5.43. The highest BCUT2D eigenvalue weighted by atomic mass is 16.3. The van der Waals surface area contributed by atoms with Crippen molar-refractivity contribution in [2.75, 3.05) is 19.7 Å². The Balaban J connectivity index is 1.65. The molecule has 3 rings (SSSR count). The van der Waals surface area contributed by atoms with Crippen molar-refractivity contribution in [3.8, 4) is 0 Å². The normalized spacial score (nSPS) is 11.4. The van der Waals surface area contributed by atoms with Gasteiger partial charge in [-0.05, 0) is 24.1 Å². The van der Waals surface area contributed by atoms with Crippen LogP contribution in [0.3, 0.4) is 0 Å². The topological polar surface area (TPSA) is 40.8 Å². The number of benzene rings is 1. The summed E-state index contributed by atoms with van der Waals surface area (Å²) in [6.45, 7) is 2.51. The molecular weight excluding hydrogens is 274 g/mol. The van der Waals surface area contributed by atoms with Crippen molar-refractivity contribution in [1.82, 2.24) is 14.3 Å². The molecule has 0 radical (unpaired) electrons. The van der Waals surface area contributed by atoms with Crippen molar-refractivity contribution in [2.45, 2.75) is 13.0 Å². The molecule has 2 aromatic heterocycles. The van der Waals surface area contributed by atoms with E-state index in [1.807, 2.05) is 34.9 Å². The van der Waals surface area contributed by atoms with Gasteiger partial charge in [0, 0.05) is 32.0 Å². The highest BCUT2D eigenvalue weighted by Crippen LogP contribution is 2.09. The Kier molecular flexibility index (Phi) is 4.83. The predicted octanol–water partition coefficient (Wildman–Crippen LogP) is 2.37. The molecule has 0 saturated heterocycles. The van der Waals surface area contributed by atoms with Crippen molar-refractivity contribution in [1.29, 1.82) is 0 Å². The van der Waals surface area contributed by atoms with Crippen LogP contribution in [0.2, 0.25) is 0 Å². The van der Waals surface area contributed by atoms with Gasteiger partial charge in [0.15, 0.2) is 0 Å². The Hall–Kier alpha value is -2.17. The summed E-state index contributed by atoms with van der Waals surface area (Å²) >= 11 is 0. The number of pyridine rings is 1. The maximum Gasteiger partial charge on any atom is 0.137 e. The van der Waals surface area contributed by atoms with E-state index >= 15 is 0 Å². The smallest absolute Gasteiger partial charge is 0.137 e. The number of aliphatic hydroxyl groups excluding tert-OH is 1. The maximum atomic E-state index is 9.28. The number of hydrogen-bond acceptors (Lipinski definition) is 3. The molecule has 0 amide bonds. The SMILES string of the molecule is OCCN(CCc1ccccc1)Cc1cn2ccccc2n1. The molecule has 0 aliphatic carbocycles. The van der Waals surface area contributed by atoms with Gasteiger partial charge in [-0.2, -0.15) is 0 Å². The van der Waals surface area contributed by atoms with E-state index in [9.17, 15) is 5.11 Å².